The van der Waals surface area contributed by atoms with E-state index >= 15 is 0 Å². The first-order chi connectivity index (χ1) is 7.74. The van der Waals surface area contributed by atoms with Gasteiger partial charge in [0.25, 0.3) is 0 Å². The highest BCUT2D eigenvalue weighted by Gasteiger charge is 2.13. The minimum Gasteiger partial charge on any atom is -0.419 e. The molecule has 0 spiro atoms. The van der Waals surface area contributed by atoms with E-state index in [2.05, 4.69) is 20.4 Å². The Labute approximate surface area is 97.9 Å². The second-order valence-corrected chi connectivity index (χ2v) is 3.60. The van der Waals surface area contributed by atoms with Gasteiger partial charge in [-0.2, -0.15) is 10.2 Å². The van der Waals surface area contributed by atoms with E-state index < -0.39 is 0 Å². The summed E-state index contributed by atoms with van der Waals surface area (Å²) >= 11 is 5.61. The first-order valence-corrected chi connectivity index (χ1v) is 5.50. The summed E-state index contributed by atoms with van der Waals surface area (Å²) in [5.41, 5.74) is 2.49. The number of halogens is 1. The zero-order valence-electron chi connectivity index (χ0n) is 9.07. The molecular formula is C10H11ClN4O. The van der Waals surface area contributed by atoms with Gasteiger partial charge in [0, 0.05) is 0 Å². The van der Waals surface area contributed by atoms with Gasteiger partial charge in [-0.3, -0.25) is 0 Å². The van der Waals surface area contributed by atoms with E-state index in [0.717, 1.165) is 23.4 Å². The Morgan fingerprint density at radius 2 is 2.06 bits per heavy atom. The van der Waals surface area contributed by atoms with Crippen molar-refractivity contribution in [3.05, 3.63) is 23.3 Å². The summed E-state index contributed by atoms with van der Waals surface area (Å²) in [6.07, 6.45) is 0.765. The van der Waals surface area contributed by atoms with E-state index in [1.165, 1.54) is 0 Å². The summed E-state index contributed by atoms with van der Waals surface area (Å²) in [6.45, 7) is 3.87. The van der Waals surface area contributed by atoms with E-state index in [4.69, 9.17) is 16.0 Å². The molecule has 0 unspecified atom stereocenters. The van der Waals surface area contributed by atoms with Crippen LogP contribution in [0.25, 0.3) is 11.5 Å². The van der Waals surface area contributed by atoms with Crippen molar-refractivity contribution in [2.75, 3.05) is 0 Å². The van der Waals surface area contributed by atoms with Crippen LogP contribution in [0.2, 0.25) is 0 Å². The topological polar surface area (TPSA) is 64.7 Å². The molecule has 16 heavy (non-hydrogen) atoms. The summed E-state index contributed by atoms with van der Waals surface area (Å²) < 4.78 is 5.39. The molecule has 0 atom stereocenters. The van der Waals surface area contributed by atoms with Crippen LogP contribution in [0.4, 0.5) is 0 Å². The summed E-state index contributed by atoms with van der Waals surface area (Å²) in [6, 6.07) is 1.89. The fourth-order valence-corrected chi connectivity index (χ4v) is 1.48. The van der Waals surface area contributed by atoms with Crippen molar-refractivity contribution in [2.24, 2.45) is 0 Å². The molecule has 0 fully saturated rings. The smallest absolute Gasteiger partial charge is 0.249 e. The molecular weight excluding hydrogens is 228 g/mol. The monoisotopic (exact) mass is 238 g/mol. The van der Waals surface area contributed by atoms with Gasteiger partial charge in [0.15, 0.2) is 0 Å². The molecule has 0 radical (unpaired) electrons. The van der Waals surface area contributed by atoms with E-state index in [9.17, 15) is 0 Å². The van der Waals surface area contributed by atoms with Gasteiger partial charge in [0.05, 0.1) is 17.0 Å². The molecule has 0 aliphatic carbocycles. The lowest BCUT2D eigenvalue weighted by Gasteiger charge is -2.02. The Morgan fingerprint density at radius 3 is 2.69 bits per heavy atom. The van der Waals surface area contributed by atoms with Gasteiger partial charge in [-0.15, -0.1) is 21.8 Å². The standard InChI is InChI=1S/C10H11ClN4O/c1-3-8-7(4-6(2)12-13-8)10-15-14-9(5-11)16-10/h4H,3,5H2,1-2H3. The third-order valence-electron chi connectivity index (χ3n) is 2.14. The summed E-state index contributed by atoms with van der Waals surface area (Å²) in [4.78, 5) is 0. The van der Waals surface area contributed by atoms with Crippen LogP contribution >= 0.6 is 11.6 Å². The van der Waals surface area contributed by atoms with Crippen LogP contribution in [-0.4, -0.2) is 20.4 Å². The molecule has 0 bridgehead atoms. The maximum atomic E-state index is 5.61. The first kappa shape index (κ1) is 11.0. The van der Waals surface area contributed by atoms with Crippen LogP contribution < -0.4 is 0 Å². The van der Waals surface area contributed by atoms with Gasteiger partial charge in [-0.1, -0.05) is 6.92 Å². The number of hydrogen-bond acceptors (Lipinski definition) is 5. The summed E-state index contributed by atoms with van der Waals surface area (Å²) in [5.74, 6) is 1.07. The molecule has 0 saturated heterocycles. The molecule has 84 valence electrons. The fraction of sp³-hybridized carbons (Fsp3) is 0.400. The zero-order chi connectivity index (χ0) is 11.5. The maximum absolute atomic E-state index is 5.61. The lowest BCUT2D eigenvalue weighted by molar-refractivity contribution is 0.526. The van der Waals surface area contributed by atoms with Crippen molar-refractivity contribution in [1.82, 2.24) is 20.4 Å². The molecule has 2 rings (SSSR count). The second kappa shape index (κ2) is 4.57. The Kier molecular flexibility index (Phi) is 3.14. The van der Waals surface area contributed by atoms with Gasteiger partial charge in [0.2, 0.25) is 11.8 Å². The lowest BCUT2D eigenvalue weighted by Crippen LogP contribution is -1.97. The highest BCUT2D eigenvalue weighted by molar-refractivity contribution is 6.16. The number of aryl methyl sites for hydroxylation is 2. The van der Waals surface area contributed by atoms with E-state index in [-0.39, 0.29) is 5.88 Å². The average molecular weight is 239 g/mol. The van der Waals surface area contributed by atoms with Gasteiger partial charge >= 0.3 is 0 Å². The minimum atomic E-state index is 0.214. The number of rotatable bonds is 3. The lowest BCUT2D eigenvalue weighted by atomic mass is 10.1. The van der Waals surface area contributed by atoms with Crippen LogP contribution in [0, 0.1) is 6.92 Å². The molecule has 0 aliphatic rings. The molecule has 2 aromatic rings. The van der Waals surface area contributed by atoms with Crippen molar-refractivity contribution in [3.63, 3.8) is 0 Å². The SMILES string of the molecule is CCc1nnc(C)cc1-c1nnc(CCl)o1. The number of alkyl halides is 1. The second-order valence-electron chi connectivity index (χ2n) is 3.33. The molecule has 0 saturated carbocycles. The molecule has 0 aliphatic heterocycles. The zero-order valence-corrected chi connectivity index (χ0v) is 9.82. The van der Waals surface area contributed by atoms with Crippen molar-refractivity contribution in [3.8, 4) is 11.5 Å². The largest absolute Gasteiger partial charge is 0.419 e. The van der Waals surface area contributed by atoms with E-state index in [1.54, 1.807) is 0 Å². The summed E-state index contributed by atoms with van der Waals surface area (Å²) in [5, 5.41) is 15.9. The van der Waals surface area contributed by atoms with Gasteiger partial charge in [0.1, 0.15) is 5.88 Å². The third-order valence-corrected chi connectivity index (χ3v) is 2.37. The van der Waals surface area contributed by atoms with Crippen LogP contribution in [0.1, 0.15) is 24.2 Å². The average Bonchev–Trinajstić information content (AvgIpc) is 2.77. The number of hydrogen-bond donors (Lipinski definition) is 0. The Balaban J connectivity index is 2.49. The molecule has 0 N–H and O–H groups in total. The Morgan fingerprint density at radius 1 is 1.25 bits per heavy atom. The van der Waals surface area contributed by atoms with Crippen LogP contribution in [0.5, 0.6) is 0 Å². The quantitative estimate of drug-likeness (QED) is 0.767. The summed E-state index contributed by atoms with van der Waals surface area (Å²) in [7, 11) is 0. The van der Waals surface area contributed by atoms with E-state index in [1.807, 2.05) is 19.9 Å². The molecule has 0 aromatic carbocycles. The van der Waals surface area contributed by atoms with E-state index in [0.29, 0.717) is 11.8 Å². The normalized spacial score (nSPS) is 10.7. The highest BCUT2D eigenvalue weighted by atomic mass is 35.5. The maximum Gasteiger partial charge on any atom is 0.249 e. The van der Waals surface area contributed by atoms with Gasteiger partial charge in [-0.25, -0.2) is 0 Å². The highest BCUT2D eigenvalue weighted by Crippen LogP contribution is 2.22. The predicted octanol–water partition coefficient (Wildman–Crippen LogP) is 2.14. The number of aromatic nitrogens is 4. The fourth-order valence-electron chi connectivity index (χ4n) is 1.38. The molecule has 6 heteroatoms. The Bertz CT molecular complexity index is 497. The number of nitrogens with zero attached hydrogens (tertiary/aromatic N) is 4. The van der Waals surface area contributed by atoms with Crippen molar-refractivity contribution < 1.29 is 4.42 Å². The molecule has 2 heterocycles. The van der Waals surface area contributed by atoms with Gasteiger partial charge in [-0.05, 0) is 19.4 Å². The van der Waals surface area contributed by atoms with Gasteiger partial charge < -0.3 is 4.42 Å². The third kappa shape index (κ3) is 2.04. The van der Waals surface area contributed by atoms with Crippen molar-refractivity contribution >= 4 is 11.6 Å². The molecule has 0 amide bonds. The van der Waals surface area contributed by atoms with Crippen LogP contribution in [0.3, 0.4) is 0 Å². The first-order valence-electron chi connectivity index (χ1n) is 4.96. The van der Waals surface area contributed by atoms with Crippen molar-refractivity contribution in [2.45, 2.75) is 26.1 Å². The minimum absolute atomic E-state index is 0.214. The van der Waals surface area contributed by atoms with Crippen molar-refractivity contribution in [1.29, 1.82) is 0 Å². The van der Waals surface area contributed by atoms with Crippen LogP contribution in [0.15, 0.2) is 10.5 Å². The molecule has 2 aromatic heterocycles. The Hall–Kier alpha value is -1.49. The predicted molar refractivity (Wildman–Crippen MR) is 59.0 cm³/mol. The molecule has 5 nitrogen and oxygen atoms in total. The van der Waals surface area contributed by atoms with Crippen LogP contribution in [-0.2, 0) is 12.3 Å².